The molecular weight excluding hydrogens is 262 g/mol. The number of nitrogens with zero attached hydrogens (tertiary/aromatic N) is 3. The summed E-state index contributed by atoms with van der Waals surface area (Å²) in [5.41, 5.74) is 1.92. The molecule has 104 valence electrons. The minimum Gasteiger partial charge on any atom is -0.292 e. The van der Waals surface area contributed by atoms with Crippen molar-refractivity contribution in [3.63, 3.8) is 0 Å². The third-order valence-electron chi connectivity index (χ3n) is 3.30. The molecule has 0 atom stereocenters. The molecule has 0 bridgehead atoms. The average molecular weight is 278 g/mol. The zero-order chi connectivity index (χ0) is 14.5. The monoisotopic (exact) mass is 278 g/mol. The molecule has 0 N–H and O–H groups in total. The summed E-state index contributed by atoms with van der Waals surface area (Å²) in [4.78, 5) is 14.1. The quantitative estimate of drug-likeness (QED) is 0.622. The van der Waals surface area contributed by atoms with E-state index in [0.717, 1.165) is 6.54 Å². The Bertz CT molecular complexity index is 625. The highest BCUT2D eigenvalue weighted by Gasteiger charge is 2.29. The van der Waals surface area contributed by atoms with Crippen molar-refractivity contribution in [2.24, 2.45) is 5.10 Å². The molecule has 1 aliphatic heterocycles. The number of Topliss-reactive ketones (excluding diaryl/α,β-unsaturated/α-hetero) is 1. The second kappa shape index (κ2) is 6.16. The summed E-state index contributed by atoms with van der Waals surface area (Å²) in [7, 11) is 0. The van der Waals surface area contributed by atoms with Gasteiger partial charge in [-0.25, -0.2) is 5.01 Å². The summed E-state index contributed by atoms with van der Waals surface area (Å²) in [6.07, 6.45) is 2.94. The van der Waals surface area contributed by atoms with Gasteiger partial charge in [-0.05, 0) is 5.56 Å². The molecule has 0 amide bonds. The van der Waals surface area contributed by atoms with Gasteiger partial charge < -0.3 is 0 Å². The lowest BCUT2D eigenvalue weighted by atomic mass is 10.1. The Labute approximate surface area is 124 Å². The van der Waals surface area contributed by atoms with E-state index in [-0.39, 0.29) is 12.3 Å². The van der Waals surface area contributed by atoms with Crippen LogP contribution in [0.15, 0.2) is 65.8 Å². The minimum atomic E-state index is 0.0720. The van der Waals surface area contributed by atoms with E-state index in [1.807, 2.05) is 53.4 Å². The van der Waals surface area contributed by atoms with Crippen LogP contribution >= 0.6 is 0 Å². The van der Waals surface area contributed by atoms with Gasteiger partial charge in [-0.15, -0.1) is 4.90 Å². The second-order valence-electron chi connectivity index (χ2n) is 4.98. The maximum absolute atomic E-state index is 12.1. The van der Waals surface area contributed by atoms with Crippen molar-refractivity contribution in [1.82, 2.24) is 9.91 Å². The Morgan fingerprint density at radius 1 is 1.05 bits per heavy atom. The van der Waals surface area contributed by atoms with Crippen molar-refractivity contribution < 1.29 is 4.79 Å². The molecule has 1 aliphatic rings. The third kappa shape index (κ3) is 3.44. The van der Waals surface area contributed by atoms with Crippen molar-refractivity contribution in [1.29, 1.82) is 0 Å². The SMILES string of the molecule is O=C(CN1CN(Cc2ccccc2)[C+]=N1)c1ccccc1. The first-order chi connectivity index (χ1) is 10.3. The molecule has 0 saturated heterocycles. The van der Waals surface area contributed by atoms with Crippen LogP contribution in [-0.4, -0.2) is 35.2 Å². The Morgan fingerprint density at radius 2 is 1.71 bits per heavy atom. The molecule has 4 nitrogen and oxygen atoms in total. The van der Waals surface area contributed by atoms with Gasteiger partial charge >= 0.3 is 6.34 Å². The van der Waals surface area contributed by atoms with Gasteiger partial charge in [0.2, 0.25) is 0 Å². The van der Waals surface area contributed by atoms with E-state index < -0.39 is 0 Å². The topological polar surface area (TPSA) is 35.9 Å². The summed E-state index contributed by atoms with van der Waals surface area (Å²) in [6, 6.07) is 19.5. The number of hydrogen-bond acceptors (Lipinski definition) is 4. The Kier molecular flexibility index (Phi) is 3.90. The number of hydrogen-bond donors (Lipinski definition) is 0. The van der Waals surface area contributed by atoms with E-state index in [1.54, 1.807) is 5.01 Å². The molecule has 0 aliphatic carbocycles. The highest BCUT2D eigenvalue weighted by molar-refractivity contribution is 5.97. The molecule has 3 rings (SSSR count). The molecule has 0 saturated carbocycles. The predicted molar refractivity (Wildman–Crippen MR) is 81.8 cm³/mol. The summed E-state index contributed by atoms with van der Waals surface area (Å²) < 4.78 is 0. The Morgan fingerprint density at radius 3 is 2.43 bits per heavy atom. The van der Waals surface area contributed by atoms with Crippen molar-refractivity contribution in [2.45, 2.75) is 6.54 Å². The summed E-state index contributed by atoms with van der Waals surface area (Å²) in [5, 5.41) is 5.90. The number of carbonyl (C=O) groups is 1. The first-order valence-corrected chi connectivity index (χ1v) is 6.89. The molecule has 0 unspecified atom stereocenters. The van der Waals surface area contributed by atoms with E-state index >= 15 is 0 Å². The molecule has 0 spiro atoms. The van der Waals surface area contributed by atoms with Gasteiger partial charge in [0.05, 0.1) is 6.54 Å². The zero-order valence-corrected chi connectivity index (χ0v) is 11.6. The van der Waals surface area contributed by atoms with Gasteiger partial charge in [0.15, 0.2) is 12.5 Å². The average Bonchev–Trinajstić information content (AvgIpc) is 2.96. The Hall–Kier alpha value is -2.71. The first-order valence-electron chi connectivity index (χ1n) is 6.89. The minimum absolute atomic E-state index is 0.0720. The van der Waals surface area contributed by atoms with E-state index in [2.05, 4.69) is 23.6 Å². The molecule has 2 aromatic rings. The van der Waals surface area contributed by atoms with Crippen molar-refractivity contribution >= 4 is 12.1 Å². The number of benzene rings is 2. The molecule has 21 heavy (non-hydrogen) atoms. The van der Waals surface area contributed by atoms with E-state index in [1.165, 1.54) is 5.56 Å². The maximum atomic E-state index is 12.1. The summed E-state index contributed by atoms with van der Waals surface area (Å²) in [5.74, 6) is 0.0720. The number of carbonyl (C=O) groups excluding carboxylic acids is 1. The van der Waals surface area contributed by atoms with Gasteiger partial charge in [0.1, 0.15) is 11.6 Å². The van der Waals surface area contributed by atoms with Crippen molar-refractivity contribution in [2.75, 3.05) is 13.2 Å². The normalized spacial score (nSPS) is 13.3. The van der Waals surface area contributed by atoms with Crippen LogP contribution < -0.4 is 0 Å². The van der Waals surface area contributed by atoms with Crippen LogP contribution in [0.25, 0.3) is 0 Å². The Balaban J connectivity index is 1.54. The number of hydrazone groups is 1. The lowest BCUT2D eigenvalue weighted by molar-refractivity contribution is 0.0921. The lowest BCUT2D eigenvalue weighted by Gasteiger charge is -2.10. The molecule has 0 radical (unpaired) electrons. The smallest absolute Gasteiger partial charge is 0.292 e. The molecule has 1 heterocycles. The fraction of sp³-hybridized carbons (Fsp3) is 0.176. The van der Waals surface area contributed by atoms with Gasteiger partial charge in [-0.1, -0.05) is 60.7 Å². The third-order valence-corrected chi connectivity index (χ3v) is 3.30. The van der Waals surface area contributed by atoms with Crippen LogP contribution in [0.2, 0.25) is 0 Å². The number of ketones is 1. The fourth-order valence-corrected chi connectivity index (χ4v) is 2.24. The van der Waals surface area contributed by atoms with Crippen LogP contribution in [0, 0.1) is 0 Å². The fourth-order valence-electron chi connectivity index (χ4n) is 2.24. The molecular formula is C17H16N3O+. The highest BCUT2D eigenvalue weighted by atomic mass is 16.1. The van der Waals surface area contributed by atoms with Crippen LogP contribution in [0.5, 0.6) is 0 Å². The van der Waals surface area contributed by atoms with Crippen LogP contribution in [0.1, 0.15) is 15.9 Å². The van der Waals surface area contributed by atoms with Gasteiger partial charge in [-0.2, -0.15) is 0 Å². The zero-order valence-electron chi connectivity index (χ0n) is 11.6. The largest absolute Gasteiger partial charge is 0.544 e. The maximum Gasteiger partial charge on any atom is 0.544 e. The van der Waals surface area contributed by atoms with E-state index in [4.69, 9.17) is 0 Å². The highest BCUT2D eigenvalue weighted by Crippen LogP contribution is 2.10. The molecule has 0 aromatic heterocycles. The van der Waals surface area contributed by atoms with E-state index in [0.29, 0.717) is 12.2 Å². The second-order valence-corrected chi connectivity index (χ2v) is 4.98. The van der Waals surface area contributed by atoms with Crippen LogP contribution in [0.4, 0.5) is 0 Å². The number of rotatable bonds is 5. The van der Waals surface area contributed by atoms with Gasteiger partial charge in [0.25, 0.3) is 0 Å². The van der Waals surface area contributed by atoms with Gasteiger partial charge in [-0.3, -0.25) is 4.79 Å². The summed E-state index contributed by atoms with van der Waals surface area (Å²) >= 11 is 0. The van der Waals surface area contributed by atoms with Crippen molar-refractivity contribution in [3.05, 3.63) is 71.8 Å². The van der Waals surface area contributed by atoms with Crippen LogP contribution in [-0.2, 0) is 6.54 Å². The molecule has 4 heteroatoms. The van der Waals surface area contributed by atoms with Crippen LogP contribution in [0.3, 0.4) is 0 Å². The summed E-state index contributed by atoms with van der Waals surface area (Å²) in [6.45, 7) is 1.62. The predicted octanol–water partition coefficient (Wildman–Crippen LogP) is 2.46. The molecule has 2 aromatic carbocycles. The van der Waals surface area contributed by atoms with Crippen molar-refractivity contribution in [3.8, 4) is 0 Å². The van der Waals surface area contributed by atoms with E-state index in [9.17, 15) is 4.79 Å². The lowest BCUT2D eigenvalue weighted by Crippen LogP contribution is -2.30. The molecule has 0 fully saturated rings. The first kappa shape index (κ1) is 13.3. The van der Waals surface area contributed by atoms with Gasteiger partial charge in [0, 0.05) is 5.56 Å². The standard InChI is InChI=1S/C17H16N3O/c21-17(16-9-5-2-6-10-16)12-20-14-19(13-18-20)11-15-7-3-1-4-8-15/h1-10H,11-12,14H2/q+1.